The van der Waals surface area contributed by atoms with Crippen molar-refractivity contribution in [3.05, 3.63) is 52.2 Å². The Morgan fingerprint density at radius 1 is 1.26 bits per heavy atom. The van der Waals surface area contributed by atoms with Gasteiger partial charge in [0, 0.05) is 11.4 Å². The van der Waals surface area contributed by atoms with Crippen LogP contribution in [0.1, 0.15) is 16.5 Å². The van der Waals surface area contributed by atoms with Crippen molar-refractivity contribution in [3.63, 3.8) is 0 Å². The van der Waals surface area contributed by atoms with Crippen LogP contribution in [0, 0.1) is 0 Å². The Morgan fingerprint density at radius 3 is 2.53 bits per heavy atom. The molecule has 0 bridgehead atoms. The number of hydrogen-bond acceptors (Lipinski definition) is 4. The molecule has 0 spiro atoms. The first kappa shape index (κ1) is 14.1. The number of ether oxygens (including phenoxy) is 1. The van der Waals surface area contributed by atoms with Crippen molar-refractivity contribution in [2.24, 2.45) is 0 Å². The zero-order valence-corrected chi connectivity index (χ0v) is 12.1. The summed E-state index contributed by atoms with van der Waals surface area (Å²) in [5.41, 5.74) is 1.10. The number of hydrogen-bond donors (Lipinski definition) is 1. The molecule has 2 aromatic rings. The highest BCUT2D eigenvalue weighted by molar-refractivity contribution is 7.09. The number of aliphatic hydroxyl groups is 1. The lowest BCUT2D eigenvalue weighted by molar-refractivity contribution is 0.143. The number of benzene rings is 1. The van der Waals surface area contributed by atoms with Crippen LogP contribution in [0.5, 0.6) is 5.75 Å². The van der Waals surface area contributed by atoms with Crippen molar-refractivity contribution in [3.8, 4) is 5.75 Å². The van der Waals surface area contributed by atoms with Gasteiger partial charge in [0.05, 0.1) is 19.8 Å². The number of methoxy groups -OCH3 is 1. The number of thiophene rings is 1. The number of nitrogens with zero attached hydrogens (tertiary/aromatic N) is 1. The van der Waals surface area contributed by atoms with Crippen LogP contribution in [0.25, 0.3) is 0 Å². The summed E-state index contributed by atoms with van der Waals surface area (Å²) >= 11 is 1.74. The van der Waals surface area contributed by atoms with Gasteiger partial charge in [0.2, 0.25) is 0 Å². The Kier molecular flexibility index (Phi) is 4.96. The molecule has 0 saturated carbocycles. The number of rotatable bonds is 6. The van der Waals surface area contributed by atoms with Crippen LogP contribution in [-0.4, -0.2) is 30.8 Å². The van der Waals surface area contributed by atoms with Crippen molar-refractivity contribution in [1.82, 2.24) is 4.90 Å². The van der Waals surface area contributed by atoms with E-state index in [1.54, 1.807) is 18.4 Å². The summed E-state index contributed by atoms with van der Waals surface area (Å²) in [7, 11) is 3.69. The van der Waals surface area contributed by atoms with E-state index in [1.165, 1.54) is 4.88 Å². The first-order valence-electron chi connectivity index (χ1n) is 6.22. The van der Waals surface area contributed by atoms with Crippen LogP contribution in [0.4, 0.5) is 0 Å². The largest absolute Gasteiger partial charge is 0.497 e. The van der Waals surface area contributed by atoms with E-state index < -0.39 is 0 Å². The zero-order chi connectivity index (χ0) is 13.7. The van der Waals surface area contributed by atoms with E-state index in [1.807, 2.05) is 31.3 Å². The van der Waals surface area contributed by atoms with Gasteiger partial charge in [-0.05, 0) is 36.2 Å². The second-order valence-electron chi connectivity index (χ2n) is 4.47. The van der Waals surface area contributed by atoms with Gasteiger partial charge in [0.15, 0.2) is 0 Å². The van der Waals surface area contributed by atoms with Crippen molar-refractivity contribution in [2.75, 3.05) is 20.8 Å². The van der Waals surface area contributed by atoms with Gasteiger partial charge in [-0.15, -0.1) is 11.3 Å². The first-order valence-corrected chi connectivity index (χ1v) is 7.10. The van der Waals surface area contributed by atoms with Crippen LogP contribution < -0.4 is 4.74 Å². The molecule has 0 fully saturated rings. The third kappa shape index (κ3) is 3.56. The van der Waals surface area contributed by atoms with E-state index in [-0.39, 0.29) is 12.6 Å². The Balaban J connectivity index is 2.09. The Morgan fingerprint density at radius 2 is 2.00 bits per heavy atom. The van der Waals surface area contributed by atoms with Gasteiger partial charge in [-0.1, -0.05) is 18.2 Å². The second-order valence-corrected chi connectivity index (χ2v) is 5.50. The van der Waals surface area contributed by atoms with Crippen LogP contribution >= 0.6 is 11.3 Å². The van der Waals surface area contributed by atoms with Crippen molar-refractivity contribution in [1.29, 1.82) is 0 Å². The minimum atomic E-state index is 0.00741. The molecule has 0 radical (unpaired) electrons. The topological polar surface area (TPSA) is 32.7 Å². The third-order valence-electron chi connectivity index (χ3n) is 3.19. The Bertz CT molecular complexity index is 481. The highest BCUT2D eigenvalue weighted by Crippen LogP contribution is 2.24. The van der Waals surface area contributed by atoms with E-state index >= 15 is 0 Å². The first-order chi connectivity index (χ1) is 9.24. The maximum Gasteiger partial charge on any atom is 0.118 e. The lowest BCUT2D eigenvalue weighted by Gasteiger charge is -2.26. The van der Waals surface area contributed by atoms with E-state index in [4.69, 9.17) is 4.74 Å². The SMILES string of the molecule is COc1ccc(C(CO)N(C)Cc2cccs2)cc1. The van der Waals surface area contributed by atoms with Crippen molar-refractivity contribution >= 4 is 11.3 Å². The molecule has 0 aliphatic heterocycles. The van der Waals surface area contributed by atoms with Gasteiger partial charge in [-0.2, -0.15) is 0 Å². The Labute approximate surface area is 118 Å². The normalized spacial score (nSPS) is 12.6. The molecule has 1 atom stereocenters. The van der Waals surface area contributed by atoms with E-state index in [0.29, 0.717) is 0 Å². The van der Waals surface area contributed by atoms with Crippen LogP contribution in [0.3, 0.4) is 0 Å². The molecule has 102 valence electrons. The molecule has 0 saturated heterocycles. The van der Waals surface area contributed by atoms with Gasteiger partial charge in [-0.25, -0.2) is 0 Å². The summed E-state index contributed by atoms with van der Waals surface area (Å²) in [4.78, 5) is 3.46. The molecule has 0 amide bonds. The van der Waals surface area contributed by atoms with Gasteiger partial charge in [-0.3, -0.25) is 4.90 Å². The lowest BCUT2D eigenvalue weighted by Crippen LogP contribution is -2.26. The molecule has 19 heavy (non-hydrogen) atoms. The summed E-state index contributed by atoms with van der Waals surface area (Å²) in [6, 6.07) is 12.0. The average molecular weight is 277 g/mol. The lowest BCUT2D eigenvalue weighted by atomic mass is 10.1. The molecule has 3 nitrogen and oxygen atoms in total. The summed E-state index contributed by atoms with van der Waals surface area (Å²) in [5.74, 6) is 0.835. The summed E-state index contributed by atoms with van der Waals surface area (Å²) in [6.07, 6.45) is 0. The molecule has 1 heterocycles. The molecule has 1 aromatic carbocycles. The fourth-order valence-electron chi connectivity index (χ4n) is 2.08. The van der Waals surface area contributed by atoms with E-state index in [2.05, 4.69) is 22.4 Å². The van der Waals surface area contributed by atoms with E-state index in [9.17, 15) is 5.11 Å². The fourth-order valence-corrected chi connectivity index (χ4v) is 2.85. The smallest absolute Gasteiger partial charge is 0.118 e. The predicted octanol–water partition coefficient (Wildman–Crippen LogP) is 2.92. The van der Waals surface area contributed by atoms with Crippen LogP contribution in [0.2, 0.25) is 0 Å². The molecule has 0 aliphatic carbocycles. The van der Waals surface area contributed by atoms with Crippen LogP contribution in [0.15, 0.2) is 41.8 Å². The van der Waals surface area contributed by atoms with Gasteiger partial charge < -0.3 is 9.84 Å². The number of aliphatic hydroxyl groups excluding tert-OH is 1. The second kappa shape index (κ2) is 6.70. The minimum Gasteiger partial charge on any atom is -0.497 e. The maximum atomic E-state index is 9.64. The highest BCUT2D eigenvalue weighted by Gasteiger charge is 2.16. The zero-order valence-electron chi connectivity index (χ0n) is 11.2. The summed E-state index contributed by atoms with van der Waals surface area (Å²) in [6.45, 7) is 0.948. The minimum absolute atomic E-state index is 0.00741. The van der Waals surface area contributed by atoms with Crippen molar-refractivity contribution in [2.45, 2.75) is 12.6 Å². The quantitative estimate of drug-likeness (QED) is 0.881. The monoisotopic (exact) mass is 277 g/mol. The average Bonchev–Trinajstić information content (AvgIpc) is 2.93. The third-order valence-corrected chi connectivity index (χ3v) is 4.05. The van der Waals surface area contributed by atoms with Crippen molar-refractivity contribution < 1.29 is 9.84 Å². The van der Waals surface area contributed by atoms with Gasteiger partial charge >= 0.3 is 0 Å². The molecule has 2 rings (SSSR count). The molecule has 4 heteroatoms. The molecule has 1 unspecified atom stereocenters. The molecular formula is C15H19NO2S. The molecule has 1 aromatic heterocycles. The Hall–Kier alpha value is -1.36. The fraction of sp³-hybridized carbons (Fsp3) is 0.333. The molecule has 0 aliphatic rings. The standard InChI is InChI=1S/C15H19NO2S/c1-16(10-14-4-3-9-19-14)15(11-17)12-5-7-13(18-2)8-6-12/h3-9,15,17H,10-11H2,1-2H3. The molecule has 1 N–H and O–H groups in total. The molecular weight excluding hydrogens is 258 g/mol. The maximum absolute atomic E-state index is 9.64. The highest BCUT2D eigenvalue weighted by atomic mass is 32.1. The van der Waals surface area contributed by atoms with Gasteiger partial charge in [0.25, 0.3) is 0 Å². The van der Waals surface area contributed by atoms with Crippen LogP contribution in [-0.2, 0) is 6.54 Å². The summed E-state index contributed by atoms with van der Waals surface area (Å²) in [5, 5.41) is 11.7. The number of likely N-dealkylation sites (N-methyl/N-ethyl adjacent to an activating group) is 1. The predicted molar refractivity (Wildman–Crippen MR) is 78.6 cm³/mol. The summed E-state index contributed by atoms with van der Waals surface area (Å²) < 4.78 is 5.15. The van der Waals surface area contributed by atoms with E-state index in [0.717, 1.165) is 17.9 Å². The van der Waals surface area contributed by atoms with Gasteiger partial charge in [0.1, 0.15) is 5.75 Å².